The van der Waals surface area contributed by atoms with Crippen molar-refractivity contribution in [3.8, 4) is 0 Å². The monoisotopic (exact) mass is 291 g/mol. The van der Waals surface area contributed by atoms with Gasteiger partial charge in [-0.05, 0) is 31.9 Å². The molecule has 0 aromatic carbocycles. The van der Waals surface area contributed by atoms with Crippen molar-refractivity contribution in [3.63, 3.8) is 0 Å². The number of aryl methyl sites for hydroxylation is 1. The van der Waals surface area contributed by atoms with Crippen LogP contribution in [0.5, 0.6) is 0 Å². The molecule has 0 radical (unpaired) electrons. The largest absolute Gasteiger partial charge is 0.476 e. The number of aromatic amines is 1. The predicted octanol–water partition coefficient (Wildman–Crippen LogP) is 2.40. The summed E-state index contributed by atoms with van der Waals surface area (Å²) >= 11 is 6.18. The van der Waals surface area contributed by atoms with Crippen LogP contribution in [-0.4, -0.2) is 23.4 Å². The number of ether oxygens (including phenoxy) is 1. The number of hydrogen-bond acceptors (Lipinski definition) is 3. The Bertz CT molecular complexity index is 655. The van der Waals surface area contributed by atoms with Gasteiger partial charge < -0.3 is 9.72 Å². The Hall–Kier alpha value is -2.01. The van der Waals surface area contributed by atoms with Crippen molar-refractivity contribution in [1.82, 2.24) is 10.4 Å². The first-order valence-electron chi connectivity index (χ1n) is 6.50. The van der Waals surface area contributed by atoms with Crippen molar-refractivity contribution >= 4 is 34.5 Å². The fraction of sp³-hybridized carbons (Fsp3) is 0.286. The molecule has 104 valence electrons. The van der Waals surface area contributed by atoms with E-state index < -0.39 is 0 Å². The highest BCUT2D eigenvalue weighted by molar-refractivity contribution is 6.49. The summed E-state index contributed by atoms with van der Waals surface area (Å²) in [6, 6.07) is 1.94. The van der Waals surface area contributed by atoms with Crippen LogP contribution in [0, 0.1) is 0 Å². The van der Waals surface area contributed by atoms with Crippen LogP contribution < -0.4 is 5.43 Å². The van der Waals surface area contributed by atoms with Crippen molar-refractivity contribution in [2.75, 3.05) is 6.61 Å². The Morgan fingerprint density at radius 2 is 2.40 bits per heavy atom. The molecule has 0 spiro atoms. The van der Waals surface area contributed by atoms with Gasteiger partial charge in [-0.3, -0.25) is 4.79 Å². The average Bonchev–Trinajstić information content (AvgIpc) is 2.98. The van der Waals surface area contributed by atoms with E-state index in [4.69, 9.17) is 16.3 Å². The highest BCUT2D eigenvalue weighted by atomic mass is 35.5. The number of fused-ring (bicyclic) bond motifs is 1. The number of nitrogens with zero attached hydrogens (tertiary/aromatic N) is 1. The molecule has 1 amide bonds. The summed E-state index contributed by atoms with van der Waals surface area (Å²) in [7, 11) is 0. The van der Waals surface area contributed by atoms with E-state index in [0.29, 0.717) is 18.1 Å². The van der Waals surface area contributed by atoms with Crippen molar-refractivity contribution in [1.29, 1.82) is 0 Å². The lowest BCUT2D eigenvalue weighted by Gasteiger charge is -2.06. The highest BCUT2D eigenvalue weighted by Crippen LogP contribution is 2.30. The fourth-order valence-corrected chi connectivity index (χ4v) is 2.59. The van der Waals surface area contributed by atoms with E-state index in [2.05, 4.69) is 15.5 Å². The highest BCUT2D eigenvalue weighted by Gasteiger charge is 2.24. The van der Waals surface area contributed by atoms with Gasteiger partial charge in [-0.1, -0.05) is 17.7 Å². The van der Waals surface area contributed by atoms with Crippen LogP contribution in [0.2, 0.25) is 0 Å². The third-order valence-electron chi connectivity index (χ3n) is 3.21. The second kappa shape index (κ2) is 5.17. The number of amides is 1. The molecule has 1 aliphatic heterocycles. The smallest absolute Gasteiger partial charge is 0.277 e. The van der Waals surface area contributed by atoms with Crippen molar-refractivity contribution in [3.05, 3.63) is 34.7 Å². The van der Waals surface area contributed by atoms with Gasteiger partial charge in [0.05, 0.1) is 6.61 Å². The summed E-state index contributed by atoms with van der Waals surface area (Å²) in [5, 5.41) is 4.61. The normalized spacial score (nSPS) is 19.5. The van der Waals surface area contributed by atoms with Crippen molar-refractivity contribution in [2.45, 2.75) is 19.8 Å². The minimum Gasteiger partial charge on any atom is -0.476 e. The number of carbonyl (C=O) groups excluding carboxylic acids is 1. The Morgan fingerprint density at radius 1 is 1.55 bits per heavy atom. The minimum absolute atomic E-state index is 0.261. The summed E-state index contributed by atoms with van der Waals surface area (Å²) in [5.41, 5.74) is 5.74. The Balaban J connectivity index is 1.94. The van der Waals surface area contributed by atoms with Crippen molar-refractivity contribution < 1.29 is 9.53 Å². The standard InChI is InChI=1S/C14H14ClN3O2/c1-2-20-14-10(13(19)17-18-14)7-8-6-9-11(15)4-3-5-12(9)16-8/h4,6-7,16H,2-3,5H2,1H3,(H,17,19). The topological polar surface area (TPSA) is 66.5 Å². The summed E-state index contributed by atoms with van der Waals surface area (Å²) in [6.45, 7) is 2.31. The second-order valence-corrected chi connectivity index (χ2v) is 4.96. The maximum atomic E-state index is 11.7. The van der Waals surface area contributed by atoms with Crippen LogP contribution in [-0.2, 0) is 16.0 Å². The van der Waals surface area contributed by atoms with Gasteiger partial charge in [0.2, 0.25) is 5.90 Å². The number of aromatic nitrogens is 1. The third kappa shape index (κ3) is 2.25. The van der Waals surface area contributed by atoms with E-state index in [9.17, 15) is 4.79 Å². The van der Waals surface area contributed by atoms with Gasteiger partial charge in [0.15, 0.2) is 0 Å². The summed E-state index contributed by atoms with van der Waals surface area (Å²) in [5.74, 6) is 0.0642. The number of hydrogen-bond donors (Lipinski definition) is 2. The molecule has 1 aromatic rings. The van der Waals surface area contributed by atoms with Gasteiger partial charge in [0.25, 0.3) is 5.91 Å². The molecule has 0 fully saturated rings. The lowest BCUT2D eigenvalue weighted by molar-refractivity contribution is -0.116. The Kier molecular flexibility index (Phi) is 3.36. The molecule has 3 rings (SSSR count). The molecule has 5 nitrogen and oxygen atoms in total. The number of allylic oxidation sites excluding steroid dienone is 1. The van der Waals surface area contributed by atoms with E-state index in [1.807, 2.05) is 19.1 Å². The van der Waals surface area contributed by atoms with Crippen LogP contribution in [0.4, 0.5) is 0 Å². The second-order valence-electron chi connectivity index (χ2n) is 4.56. The van der Waals surface area contributed by atoms with E-state index in [1.54, 1.807) is 6.08 Å². The summed E-state index contributed by atoms with van der Waals surface area (Å²) < 4.78 is 5.33. The Morgan fingerprint density at radius 3 is 3.15 bits per heavy atom. The Labute approximate surface area is 121 Å². The molecular weight excluding hydrogens is 278 g/mol. The molecule has 0 atom stereocenters. The van der Waals surface area contributed by atoms with Crippen LogP contribution >= 0.6 is 11.6 Å². The van der Waals surface area contributed by atoms with E-state index >= 15 is 0 Å². The molecule has 0 unspecified atom stereocenters. The maximum absolute atomic E-state index is 11.7. The lowest BCUT2D eigenvalue weighted by atomic mass is 10.1. The zero-order valence-electron chi connectivity index (χ0n) is 11.0. The van der Waals surface area contributed by atoms with Crippen LogP contribution in [0.3, 0.4) is 0 Å². The number of halogens is 1. The van der Waals surface area contributed by atoms with E-state index in [0.717, 1.165) is 34.8 Å². The first-order valence-corrected chi connectivity index (χ1v) is 6.87. The number of hydrazone groups is 1. The molecule has 0 saturated carbocycles. The zero-order chi connectivity index (χ0) is 14.1. The number of H-pyrrole nitrogens is 1. The molecule has 2 N–H and O–H groups in total. The van der Waals surface area contributed by atoms with E-state index in [-0.39, 0.29) is 5.91 Å². The van der Waals surface area contributed by atoms with Crippen molar-refractivity contribution in [2.24, 2.45) is 5.10 Å². The van der Waals surface area contributed by atoms with Gasteiger partial charge in [-0.25, -0.2) is 5.43 Å². The summed E-state index contributed by atoms with van der Waals surface area (Å²) in [4.78, 5) is 15.0. The molecule has 6 heteroatoms. The van der Waals surface area contributed by atoms with E-state index in [1.165, 1.54) is 0 Å². The molecule has 20 heavy (non-hydrogen) atoms. The van der Waals surface area contributed by atoms with Gasteiger partial charge in [0, 0.05) is 22.0 Å². The molecule has 2 heterocycles. The van der Waals surface area contributed by atoms with Gasteiger partial charge in [-0.15, -0.1) is 5.10 Å². The lowest BCUT2D eigenvalue weighted by Crippen LogP contribution is -2.14. The maximum Gasteiger partial charge on any atom is 0.277 e. The first kappa shape index (κ1) is 13.0. The van der Waals surface area contributed by atoms with Gasteiger partial charge >= 0.3 is 0 Å². The number of nitrogens with one attached hydrogen (secondary N) is 2. The zero-order valence-corrected chi connectivity index (χ0v) is 11.8. The quantitative estimate of drug-likeness (QED) is 0.822. The SMILES string of the molecule is CCOC1=NNC(=O)C1=Cc1cc2c([nH]1)CCC=C2Cl. The van der Waals surface area contributed by atoms with Crippen LogP contribution in [0.15, 0.2) is 22.8 Å². The molecule has 0 bridgehead atoms. The summed E-state index contributed by atoms with van der Waals surface area (Å²) in [6.07, 6.45) is 5.59. The minimum atomic E-state index is -0.261. The van der Waals surface area contributed by atoms with Crippen LogP contribution in [0.25, 0.3) is 11.1 Å². The number of rotatable bonds is 2. The third-order valence-corrected chi connectivity index (χ3v) is 3.57. The van der Waals surface area contributed by atoms with Crippen LogP contribution in [0.1, 0.15) is 30.3 Å². The first-order chi connectivity index (χ1) is 9.69. The predicted molar refractivity (Wildman–Crippen MR) is 78.1 cm³/mol. The molecular formula is C14H14ClN3O2. The van der Waals surface area contributed by atoms with Gasteiger partial charge in [-0.2, -0.15) is 0 Å². The average molecular weight is 292 g/mol. The number of carbonyl (C=O) groups is 1. The molecule has 1 aromatic heterocycles. The fourth-order valence-electron chi connectivity index (χ4n) is 2.31. The molecule has 1 aliphatic carbocycles. The molecule has 2 aliphatic rings. The molecule has 0 saturated heterocycles. The van der Waals surface area contributed by atoms with Gasteiger partial charge in [0.1, 0.15) is 5.57 Å².